The van der Waals surface area contributed by atoms with Crippen LogP contribution in [0.25, 0.3) is 0 Å². The fourth-order valence-corrected chi connectivity index (χ4v) is 3.34. The van der Waals surface area contributed by atoms with Crippen LogP contribution in [0.5, 0.6) is 0 Å². The average molecular weight is 323 g/mol. The van der Waals surface area contributed by atoms with Gasteiger partial charge in [-0.25, -0.2) is 4.79 Å². The van der Waals surface area contributed by atoms with E-state index in [0.717, 1.165) is 31.5 Å². The first-order valence-electron chi connectivity index (χ1n) is 8.21. The molecular weight excluding hydrogens is 302 g/mol. The lowest BCUT2D eigenvalue weighted by atomic mass is 9.99. The van der Waals surface area contributed by atoms with Gasteiger partial charge in [-0.3, -0.25) is 4.79 Å². The zero-order valence-corrected chi connectivity index (χ0v) is 13.7. The maximum Gasteiger partial charge on any atom is 0.335 e. The van der Waals surface area contributed by atoms with Crippen LogP contribution in [-0.2, 0) is 6.42 Å². The molecule has 0 spiro atoms. The summed E-state index contributed by atoms with van der Waals surface area (Å²) in [5, 5.41) is 9.16. The van der Waals surface area contributed by atoms with Gasteiger partial charge in [0, 0.05) is 18.7 Å². The Morgan fingerprint density at radius 3 is 2.54 bits per heavy atom. The SMILES string of the molecule is Cc1cc(C(=O)O)cc(C(=O)N2CCC(Cc3ccccc3)C2)c1. The molecule has 1 saturated heterocycles. The Morgan fingerprint density at radius 1 is 1.12 bits per heavy atom. The second-order valence-corrected chi connectivity index (χ2v) is 6.49. The van der Waals surface area contributed by atoms with E-state index in [1.54, 1.807) is 12.1 Å². The molecule has 1 aliphatic rings. The molecule has 2 aromatic rings. The number of hydrogen-bond donors (Lipinski definition) is 1. The highest BCUT2D eigenvalue weighted by Crippen LogP contribution is 2.23. The van der Waals surface area contributed by atoms with E-state index in [1.807, 2.05) is 30.0 Å². The summed E-state index contributed by atoms with van der Waals surface area (Å²) in [7, 11) is 0. The van der Waals surface area contributed by atoms with Crippen molar-refractivity contribution in [2.45, 2.75) is 19.8 Å². The summed E-state index contributed by atoms with van der Waals surface area (Å²) in [4.78, 5) is 25.7. The molecule has 0 bridgehead atoms. The zero-order chi connectivity index (χ0) is 17.1. The Bertz CT molecular complexity index is 755. The molecule has 2 aromatic carbocycles. The maximum absolute atomic E-state index is 12.7. The number of amides is 1. The molecule has 1 fully saturated rings. The van der Waals surface area contributed by atoms with Gasteiger partial charge in [-0.1, -0.05) is 30.3 Å². The Labute approximate surface area is 141 Å². The van der Waals surface area contributed by atoms with Gasteiger partial charge in [0.05, 0.1) is 5.56 Å². The highest BCUT2D eigenvalue weighted by atomic mass is 16.4. The van der Waals surface area contributed by atoms with Crippen molar-refractivity contribution >= 4 is 11.9 Å². The standard InChI is InChI=1S/C20H21NO3/c1-14-9-17(12-18(10-14)20(23)24)19(22)21-8-7-16(13-21)11-15-5-3-2-4-6-15/h2-6,9-10,12,16H,7-8,11,13H2,1H3,(H,23,24). The van der Waals surface area contributed by atoms with Crippen molar-refractivity contribution in [2.24, 2.45) is 5.92 Å². The van der Waals surface area contributed by atoms with Crippen LogP contribution >= 0.6 is 0 Å². The van der Waals surface area contributed by atoms with Crippen LogP contribution in [0.3, 0.4) is 0 Å². The molecule has 1 aliphatic heterocycles. The van der Waals surface area contributed by atoms with E-state index in [1.165, 1.54) is 11.6 Å². The molecule has 124 valence electrons. The molecule has 0 saturated carbocycles. The quantitative estimate of drug-likeness (QED) is 0.938. The molecule has 0 aromatic heterocycles. The van der Waals surface area contributed by atoms with E-state index in [0.29, 0.717) is 11.5 Å². The van der Waals surface area contributed by atoms with Crippen molar-refractivity contribution in [3.05, 3.63) is 70.8 Å². The Kier molecular flexibility index (Phi) is 4.65. The van der Waals surface area contributed by atoms with E-state index in [9.17, 15) is 9.59 Å². The summed E-state index contributed by atoms with van der Waals surface area (Å²) in [5.41, 5.74) is 2.71. The van der Waals surface area contributed by atoms with Gasteiger partial charge in [-0.2, -0.15) is 0 Å². The van der Waals surface area contributed by atoms with Gasteiger partial charge in [-0.15, -0.1) is 0 Å². The fourth-order valence-electron chi connectivity index (χ4n) is 3.34. The number of hydrogen-bond acceptors (Lipinski definition) is 2. The van der Waals surface area contributed by atoms with Crippen molar-refractivity contribution in [1.82, 2.24) is 4.90 Å². The molecule has 1 heterocycles. The van der Waals surface area contributed by atoms with Gasteiger partial charge in [0.15, 0.2) is 0 Å². The minimum Gasteiger partial charge on any atom is -0.478 e. The number of nitrogens with zero attached hydrogens (tertiary/aromatic N) is 1. The number of carboxylic acids is 1. The lowest BCUT2D eigenvalue weighted by molar-refractivity contribution is 0.0696. The zero-order valence-electron chi connectivity index (χ0n) is 13.7. The number of carbonyl (C=O) groups is 2. The summed E-state index contributed by atoms with van der Waals surface area (Å²) >= 11 is 0. The molecule has 0 radical (unpaired) electrons. The topological polar surface area (TPSA) is 57.6 Å². The van der Waals surface area contributed by atoms with Crippen LogP contribution in [0.1, 0.15) is 38.3 Å². The van der Waals surface area contributed by atoms with E-state index in [4.69, 9.17) is 5.11 Å². The van der Waals surface area contributed by atoms with Crippen LogP contribution in [0, 0.1) is 12.8 Å². The minimum atomic E-state index is -1.00. The van der Waals surface area contributed by atoms with Crippen LogP contribution in [0.15, 0.2) is 48.5 Å². The maximum atomic E-state index is 12.7. The first-order valence-corrected chi connectivity index (χ1v) is 8.21. The molecule has 24 heavy (non-hydrogen) atoms. The number of aromatic carboxylic acids is 1. The number of aryl methyl sites for hydroxylation is 1. The lowest BCUT2D eigenvalue weighted by Crippen LogP contribution is -2.29. The molecule has 1 amide bonds. The first kappa shape index (κ1) is 16.2. The van der Waals surface area contributed by atoms with Crippen molar-refractivity contribution in [3.8, 4) is 0 Å². The monoisotopic (exact) mass is 323 g/mol. The molecule has 4 heteroatoms. The van der Waals surface area contributed by atoms with E-state index in [2.05, 4.69) is 12.1 Å². The van der Waals surface area contributed by atoms with Gasteiger partial charge in [0.1, 0.15) is 0 Å². The van der Waals surface area contributed by atoms with Gasteiger partial charge >= 0.3 is 5.97 Å². The highest BCUT2D eigenvalue weighted by Gasteiger charge is 2.27. The second kappa shape index (κ2) is 6.87. The van der Waals surface area contributed by atoms with E-state index in [-0.39, 0.29) is 11.5 Å². The average Bonchev–Trinajstić information content (AvgIpc) is 3.03. The van der Waals surface area contributed by atoms with E-state index < -0.39 is 5.97 Å². The normalized spacial score (nSPS) is 17.0. The van der Waals surface area contributed by atoms with Crippen LogP contribution in [0.4, 0.5) is 0 Å². The molecule has 1 unspecified atom stereocenters. The molecule has 1 atom stereocenters. The van der Waals surface area contributed by atoms with Crippen LogP contribution in [0.2, 0.25) is 0 Å². The van der Waals surface area contributed by atoms with Crippen molar-refractivity contribution < 1.29 is 14.7 Å². The predicted molar refractivity (Wildman–Crippen MR) is 92.3 cm³/mol. The first-order chi connectivity index (χ1) is 11.5. The Morgan fingerprint density at radius 2 is 1.83 bits per heavy atom. The third-order valence-electron chi connectivity index (χ3n) is 4.51. The van der Waals surface area contributed by atoms with Crippen LogP contribution < -0.4 is 0 Å². The minimum absolute atomic E-state index is 0.0724. The summed E-state index contributed by atoms with van der Waals surface area (Å²) < 4.78 is 0. The summed E-state index contributed by atoms with van der Waals surface area (Å²) in [6, 6.07) is 15.1. The molecule has 3 rings (SSSR count). The summed E-state index contributed by atoms with van der Waals surface area (Å²) in [5.74, 6) is -0.618. The van der Waals surface area contributed by atoms with E-state index >= 15 is 0 Å². The molecule has 1 N–H and O–H groups in total. The summed E-state index contributed by atoms with van der Waals surface area (Å²) in [6.45, 7) is 3.27. The number of carboxylic acid groups (broad SMARTS) is 1. The molecule has 0 aliphatic carbocycles. The lowest BCUT2D eigenvalue weighted by Gasteiger charge is -2.17. The van der Waals surface area contributed by atoms with Crippen molar-refractivity contribution in [2.75, 3.05) is 13.1 Å². The number of benzene rings is 2. The van der Waals surface area contributed by atoms with Gasteiger partial charge < -0.3 is 10.0 Å². The smallest absolute Gasteiger partial charge is 0.335 e. The summed E-state index contributed by atoms with van der Waals surface area (Å²) in [6.07, 6.45) is 1.96. The highest BCUT2D eigenvalue weighted by molar-refractivity contribution is 5.98. The third kappa shape index (κ3) is 3.65. The van der Waals surface area contributed by atoms with Gasteiger partial charge in [0.2, 0.25) is 0 Å². The molecular formula is C20H21NO3. The van der Waals surface area contributed by atoms with Gasteiger partial charge in [-0.05, 0) is 55.0 Å². The van der Waals surface area contributed by atoms with Gasteiger partial charge in [0.25, 0.3) is 5.91 Å². The fraction of sp³-hybridized carbons (Fsp3) is 0.300. The second-order valence-electron chi connectivity index (χ2n) is 6.49. The third-order valence-corrected chi connectivity index (χ3v) is 4.51. The molecule has 4 nitrogen and oxygen atoms in total. The Hall–Kier alpha value is -2.62. The number of carbonyl (C=O) groups excluding carboxylic acids is 1. The van der Waals surface area contributed by atoms with Crippen LogP contribution in [-0.4, -0.2) is 35.0 Å². The Balaban J connectivity index is 1.69. The largest absolute Gasteiger partial charge is 0.478 e. The number of rotatable bonds is 4. The van der Waals surface area contributed by atoms with Crippen molar-refractivity contribution in [3.63, 3.8) is 0 Å². The van der Waals surface area contributed by atoms with Crippen molar-refractivity contribution in [1.29, 1.82) is 0 Å². The number of likely N-dealkylation sites (tertiary alicyclic amines) is 1. The predicted octanol–water partition coefficient (Wildman–Crippen LogP) is 3.40.